The number of nitrogens with zero attached hydrogens (tertiary/aromatic N) is 4. The summed E-state index contributed by atoms with van der Waals surface area (Å²) in [4.78, 5) is 35.6. The maximum atomic E-state index is 12.7. The maximum Gasteiger partial charge on any atom is 0.236 e. The van der Waals surface area contributed by atoms with Crippen molar-refractivity contribution < 1.29 is 9.59 Å². The summed E-state index contributed by atoms with van der Waals surface area (Å²) in [5.41, 5.74) is 5.44. The van der Waals surface area contributed by atoms with Crippen molar-refractivity contribution >= 4 is 17.6 Å². The number of hydrogen-bond donors (Lipinski definition) is 2. The molecule has 3 heterocycles. The first-order chi connectivity index (χ1) is 13.2. The van der Waals surface area contributed by atoms with Crippen molar-refractivity contribution in [1.82, 2.24) is 20.1 Å². The minimum atomic E-state index is -0.116. The lowest BCUT2D eigenvalue weighted by atomic mass is 9.97. The van der Waals surface area contributed by atoms with Gasteiger partial charge in [0.1, 0.15) is 5.82 Å². The van der Waals surface area contributed by atoms with E-state index in [0.29, 0.717) is 26.2 Å². The molecule has 0 aromatic carbocycles. The van der Waals surface area contributed by atoms with E-state index in [2.05, 4.69) is 20.1 Å². The van der Waals surface area contributed by atoms with Gasteiger partial charge in [-0.3, -0.25) is 14.5 Å². The molecule has 0 saturated carbocycles. The molecule has 3 rings (SSSR count). The Labute approximate surface area is 160 Å². The lowest BCUT2D eigenvalue weighted by Crippen LogP contribution is -2.52. The first-order valence-electron chi connectivity index (χ1n) is 9.81. The standard InChI is InChI=1S/C19H30N6O2/c20-6-8-22-19(27)16-4-3-9-25(14-16)18(26)15-23-10-12-24(13-11-23)17-5-1-2-7-21-17/h1-2,5,7,16H,3-4,6,8-15,20H2,(H,22,27). The number of hydrogen-bond acceptors (Lipinski definition) is 6. The fraction of sp³-hybridized carbons (Fsp3) is 0.632. The van der Waals surface area contributed by atoms with Crippen LogP contribution in [0.4, 0.5) is 5.82 Å². The average molecular weight is 374 g/mol. The molecule has 1 aromatic rings. The number of anilines is 1. The fourth-order valence-electron chi connectivity index (χ4n) is 3.72. The Morgan fingerprint density at radius 1 is 1.19 bits per heavy atom. The third-order valence-electron chi connectivity index (χ3n) is 5.29. The van der Waals surface area contributed by atoms with Gasteiger partial charge in [0, 0.05) is 58.6 Å². The molecular formula is C19H30N6O2. The van der Waals surface area contributed by atoms with Gasteiger partial charge in [-0.2, -0.15) is 0 Å². The summed E-state index contributed by atoms with van der Waals surface area (Å²) in [5, 5.41) is 2.84. The third kappa shape index (κ3) is 5.40. The monoisotopic (exact) mass is 374 g/mol. The molecule has 0 spiro atoms. The summed E-state index contributed by atoms with van der Waals surface area (Å²) in [6.45, 7) is 6.04. The van der Waals surface area contributed by atoms with Crippen molar-refractivity contribution in [2.24, 2.45) is 11.7 Å². The van der Waals surface area contributed by atoms with Gasteiger partial charge in [0.25, 0.3) is 0 Å². The number of aromatic nitrogens is 1. The molecule has 27 heavy (non-hydrogen) atoms. The van der Waals surface area contributed by atoms with Gasteiger partial charge < -0.3 is 20.9 Å². The Morgan fingerprint density at radius 2 is 2.00 bits per heavy atom. The van der Waals surface area contributed by atoms with Crippen LogP contribution in [0, 0.1) is 5.92 Å². The first kappa shape index (κ1) is 19.6. The van der Waals surface area contributed by atoms with Crippen LogP contribution < -0.4 is 16.0 Å². The zero-order valence-corrected chi connectivity index (χ0v) is 15.8. The fourth-order valence-corrected chi connectivity index (χ4v) is 3.72. The quantitative estimate of drug-likeness (QED) is 0.698. The highest BCUT2D eigenvalue weighted by molar-refractivity contribution is 5.82. The third-order valence-corrected chi connectivity index (χ3v) is 5.29. The normalized spacial score (nSPS) is 21.1. The van der Waals surface area contributed by atoms with Gasteiger partial charge in [-0.05, 0) is 25.0 Å². The molecular weight excluding hydrogens is 344 g/mol. The Bertz CT molecular complexity index is 618. The number of piperidine rings is 1. The van der Waals surface area contributed by atoms with Gasteiger partial charge in [-0.15, -0.1) is 0 Å². The highest BCUT2D eigenvalue weighted by atomic mass is 16.2. The SMILES string of the molecule is NCCNC(=O)C1CCCN(C(=O)CN2CCN(c3ccccn3)CC2)C1. The van der Waals surface area contributed by atoms with Crippen LogP contribution in [-0.2, 0) is 9.59 Å². The Morgan fingerprint density at radius 3 is 2.70 bits per heavy atom. The van der Waals surface area contributed by atoms with Gasteiger partial charge in [0.05, 0.1) is 12.5 Å². The molecule has 3 N–H and O–H groups in total. The number of rotatable bonds is 6. The van der Waals surface area contributed by atoms with Crippen LogP contribution in [0.1, 0.15) is 12.8 Å². The summed E-state index contributed by atoms with van der Waals surface area (Å²) in [7, 11) is 0. The highest BCUT2D eigenvalue weighted by Crippen LogP contribution is 2.18. The van der Waals surface area contributed by atoms with E-state index in [1.807, 2.05) is 29.3 Å². The van der Waals surface area contributed by atoms with E-state index < -0.39 is 0 Å². The number of carbonyl (C=O) groups excluding carboxylic acids is 2. The van der Waals surface area contributed by atoms with E-state index in [0.717, 1.165) is 51.4 Å². The molecule has 2 aliphatic heterocycles. The Hall–Kier alpha value is -2.19. The van der Waals surface area contributed by atoms with Crippen LogP contribution in [0.25, 0.3) is 0 Å². The van der Waals surface area contributed by atoms with Gasteiger partial charge in [0.15, 0.2) is 0 Å². The average Bonchev–Trinajstić information content (AvgIpc) is 2.73. The van der Waals surface area contributed by atoms with E-state index in [1.54, 1.807) is 0 Å². The van der Waals surface area contributed by atoms with Gasteiger partial charge in [0.2, 0.25) is 11.8 Å². The smallest absolute Gasteiger partial charge is 0.236 e. The van der Waals surface area contributed by atoms with E-state index >= 15 is 0 Å². The predicted molar refractivity (Wildman–Crippen MR) is 104 cm³/mol. The number of likely N-dealkylation sites (tertiary alicyclic amines) is 1. The van der Waals surface area contributed by atoms with E-state index in [1.165, 1.54) is 0 Å². The van der Waals surface area contributed by atoms with Crippen LogP contribution in [-0.4, -0.2) is 85.5 Å². The molecule has 1 atom stereocenters. The van der Waals surface area contributed by atoms with Crippen molar-refractivity contribution in [2.75, 3.05) is 63.8 Å². The van der Waals surface area contributed by atoms with Gasteiger partial charge in [-0.1, -0.05) is 6.07 Å². The Balaban J connectivity index is 1.44. The van der Waals surface area contributed by atoms with Gasteiger partial charge >= 0.3 is 0 Å². The van der Waals surface area contributed by atoms with Gasteiger partial charge in [-0.25, -0.2) is 4.98 Å². The molecule has 2 fully saturated rings. The number of pyridine rings is 1. The number of piperazine rings is 1. The zero-order chi connectivity index (χ0) is 19.1. The second kappa shape index (κ2) is 9.66. The molecule has 8 nitrogen and oxygen atoms in total. The summed E-state index contributed by atoms with van der Waals surface area (Å²) < 4.78 is 0. The molecule has 2 amide bonds. The Kier molecular flexibility index (Phi) is 7.00. The van der Waals surface area contributed by atoms with Crippen LogP contribution in [0.3, 0.4) is 0 Å². The summed E-state index contributed by atoms with van der Waals surface area (Å²) in [6, 6.07) is 5.93. The van der Waals surface area contributed by atoms with Crippen LogP contribution >= 0.6 is 0 Å². The molecule has 1 unspecified atom stereocenters. The minimum absolute atomic E-state index is 0.0157. The van der Waals surface area contributed by atoms with E-state index in [9.17, 15) is 9.59 Å². The molecule has 2 aliphatic rings. The molecule has 148 valence electrons. The van der Waals surface area contributed by atoms with E-state index in [4.69, 9.17) is 5.73 Å². The summed E-state index contributed by atoms with van der Waals surface area (Å²) in [6.07, 6.45) is 3.52. The largest absolute Gasteiger partial charge is 0.355 e. The van der Waals surface area contributed by atoms with Crippen LogP contribution in [0.2, 0.25) is 0 Å². The summed E-state index contributed by atoms with van der Waals surface area (Å²) >= 11 is 0. The maximum absolute atomic E-state index is 12.7. The number of nitrogens with two attached hydrogens (primary N) is 1. The number of carbonyl (C=O) groups is 2. The lowest BCUT2D eigenvalue weighted by molar-refractivity contribution is -0.136. The zero-order valence-electron chi connectivity index (χ0n) is 15.8. The highest BCUT2D eigenvalue weighted by Gasteiger charge is 2.29. The topological polar surface area (TPSA) is 94.8 Å². The molecule has 1 aromatic heterocycles. The van der Waals surface area contributed by atoms with Crippen molar-refractivity contribution in [3.8, 4) is 0 Å². The predicted octanol–water partition coefficient (Wildman–Crippen LogP) is -0.483. The van der Waals surface area contributed by atoms with Crippen LogP contribution in [0.5, 0.6) is 0 Å². The second-order valence-corrected chi connectivity index (χ2v) is 7.21. The van der Waals surface area contributed by atoms with Crippen molar-refractivity contribution in [3.63, 3.8) is 0 Å². The molecule has 0 radical (unpaired) electrons. The lowest BCUT2D eigenvalue weighted by Gasteiger charge is -2.37. The second-order valence-electron chi connectivity index (χ2n) is 7.21. The van der Waals surface area contributed by atoms with Crippen LogP contribution in [0.15, 0.2) is 24.4 Å². The number of amides is 2. The molecule has 8 heteroatoms. The summed E-state index contributed by atoms with van der Waals surface area (Å²) in [5.74, 6) is 1.01. The molecule has 0 aliphatic carbocycles. The minimum Gasteiger partial charge on any atom is -0.355 e. The number of nitrogens with one attached hydrogen (secondary N) is 1. The van der Waals surface area contributed by atoms with Crippen molar-refractivity contribution in [1.29, 1.82) is 0 Å². The van der Waals surface area contributed by atoms with E-state index in [-0.39, 0.29) is 17.7 Å². The van der Waals surface area contributed by atoms with Crippen molar-refractivity contribution in [2.45, 2.75) is 12.8 Å². The molecule has 0 bridgehead atoms. The molecule has 2 saturated heterocycles. The first-order valence-corrected chi connectivity index (χ1v) is 9.81. The van der Waals surface area contributed by atoms with Crippen molar-refractivity contribution in [3.05, 3.63) is 24.4 Å².